The molecule has 0 fully saturated rings. The van der Waals surface area contributed by atoms with Crippen molar-refractivity contribution in [3.8, 4) is 5.75 Å². The van der Waals surface area contributed by atoms with Crippen molar-refractivity contribution in [2.24, 2.45) is 0 Å². The van der Waals surface area contributed by atoms with Gasteiger partial charge in [0.15, 0.2) is 0 Å². The van der Waals surface area contributed by atoms with Gasteiger partial charge in [-0.25, -0.2) is 0 Å². The molecular formula is C12H18BrNO3. The van der Waals surface area contributed by atoms with Gasteiger partial charge in [0.05, 0.1) is 6.61 Å². The Hall–Kier alpha value is -0.620. The number of ether oxygens (including phenoxy) is 1. The van der Waals surface area contributed by atoms with Gasteiger partial charge in [0, 0.05) is 36.3 Å². The maximum Gasteiger partial charge on any atom is 0.120 e. The van der Waals surface area contributed by atoms with E-state index in [0.29, 0.717) is 13.2 Å². The van der Waals surface area contributed by atoms with Gasteiger partial charge in [-0.15, -0.1) is 0 Å². The monoisotopic (exact) mass is 303 g/mol. The van der Waals surface area contributed by atoms with Crippen molar-refractivity contribution in [3.05, 3.63) is 28.2 Å². The first kappa shape index (κ1) is 14.4. The zero-order valence-corrected chi connectivity index (χ0v) is 11.4. The smallest absolute Gasteiger partial charge is 0.120 e. The molecule has 1 unspecified atom stereocenters. The fourth-order valence-corrected chi connectivity index (χ4v) is 1.88. The molecule has 0 saturated carbocycles. The van der Waals surface area contributed by atoms with Crippen molar-refractivity contribution in [1.29, 1.82) is 0 Å². The Balaban J connectivity index is 2.50. The minimum absolute atomic E-state index is 0.0201. The van der Waals surface area contributed by atoms with Gasteiger partial charge >= 0.3 is 0 Å². The fraction of sp³-hybridized carbons (Fsp3) is 0.500. The third-order valence-corrected chi connectivity index (χ3v) is 3.01. The van der Waals surface area contributed by atoms with Gasteiger partial charge in [0.2, 0.25) is 0 Å². The van der Waals surface area contributed by atoms with E-state index in [4.69, 9.17) is 9.84 Å². The molecule has 0 radical (unpaired) electrons. The normalized spacial score (nSPS) is 12.6. The van der Waals surface area contributed by atoms with Crippen LogP contribution in [0.2, 0.25) is 0 Å². The lowest BCUT2D eigenvalue weighted by atomic mass is 10.1. The van der Waals surface area contributed by atoms with E-state index < -0.39 is 0 Å². The summed E-state index contributed by atoms with van der Waals surface area (Å²) in [5, 5.41) is 22.0. The number of hydrogen-bond acceptors (Lipinski definition) is 4. The average Bonchev–Trinajstić information content (AvgIpc) is 2.33. The van der Waals surface area contributed by atoms with E-state index in [2.05, 4.69) is 21.2 Å². The van der Waals surface area contributed by atoms with E-state index in [0.717, 1.165) is 16.5 Å². The summed E-state index contributed by atoms with van der Waals surface area (Å²) in [6.07, 6.45) is 0.738. The van der Waals surface area contributed by atoms with E-state index >= 15 is 0 Å². The molecule has 0 saturated heterocycles. The number of benzene rings is 1. The van der Waals surface area contributed by atoms with Crippen molar-refractivity contribution >= 4 is 15.9 Å². The Morgan fingerprint density at radius 3 is 2.88 bits per heavy atom. The number of aromatic hydroxyl groups is 1. The van der Waals surface area contributed by atoms with Gasteiger partial charge in [-0.1, -0.05) is 15.9 Å². The number of aliphatic hydroxyl groups excluding tert-OH is 1. The maximum atomic E-state index is 9.65. The number of aliphatic hydroxyl groups is 1. The van der Waals surface area contributed by atoms with Gasteiger partial charge < -0.3 is 20.3 Å². The maximum absolute atomic E-state index is 9.65. The van der Waals surface area contributed by atoms with Gasteiger partial charge in [0.1, 0.15) is 5.75 Å². The van der Waals surface area contributed by atoms with Gasteiger partial charge in [-0.05, 0) is 24.6 Å². The van der Waals surface area contributed by atoms with Crippen molar-refractivity contribution in [2.75, 3.05) is 20.3 Å². The first-order valence-electron chi connectivity index (χ1n) is 5.48. The molecule has 5 heteroatoms. The molecule has 0 aliphatic carbocycles. The molecule has 0 aliphatic rings. The van der Waals surface area contributed by atoms with E-state index in [9.17, 15) is 5.11 Å². The van der Waals surface area contributed by atoms with Crippen LogP contribution in [-0.2, 0) is 11.3 Å². The molecule has 3 N–H and O–H groups in total. The number of rotatable bonds is 7. The molecule has 1 aromatic carbocycles. The second-order valence-corrected chi connectivity index (χ2v) is 4.73. The van der Waals surface area contributed by atoms with E-state index in [1.807, 2.05) is 6.07 Å². The number of phenolic OH excluding ortho intramolecular Hbond substituents is 1. The van der Waals surface area contributed by atoms with Crippen LogP contribution in [0.5, 0.6) is 5.75 Å². The average molecular weight is 304 g/mol. The number of methoxy groups -OCH3 is 1. The highest BCUT2D eigenvalue weighted by Gasteiger charge is 2.08. The lowest BCUT2D eigenvalue weighted by Crippen LogP contribution is -2.33. The Bertz CT molecular complexity index is 347. The molecule has 1 atom stereocenters. The quantitative estimate of drug-likeness (QED) is 0.717. The van der Waals surface area contributed by atoms with Crippen LogP contribution in [0.15, 0.2) is 22.7 Å². The number of halogens is 1. The van der Waals surface area contributed by atoms with Crippen LogP contribution >= 0.6 is 15.9 Å². The third kappa shape index (κ3) is 5.04. The Morgan fingerprint density at radius 1 is 1.47 bits per heavy atom. The summed E-state index contributed by atoms with van der Waals surface area (Å²) in [5.74, 6) is 0.254. The highest BCUT2D eigenvalue weighted by Crippen LogP contribution is 2.21. The van der Waals surface area contributed by atoms with Crippen LogP contribution in [0, 0.1) is 0 Å². The second kappa shape index (κ2) is 7.66. The van der Waals surface area contributed by atoms with E-state index in [-0.39, 0.29) is 18.4 Å². The predicted molar refractivity (Wildman–Crippen MR) is 70.0 cm³/mol. The minimum Gasteiger partial charge on any atom is -0.508 e. The summed E-state index contributed by atoms with van der Waals surface area (Å²) in [6.45, 7) is 1.17. The zero-order chi connectivity index (χ0) is 12.7. The molecule has 0 aromatic heterocycles. The summed E-state index contributed by atoms with van der Waals surface area (Å²) >= 11 is 3.35. The molecule has 0 spiro atoms. The van der Waals surface area contributed by atoms with Crippen LogP contribution < -0.4 is 5.32 Å². The highest BCUT2D eigenvalue weighted by atomic mass is 79.9. The lowest BCUT2D eigenvalue weighted by Gasteiger charge is -2.16. The predicted octanol–water partition coefficient (Wildman–Crippen LogP) is 1.64. The molecule has 1 aromatic rings. The molecule has 0 bridgehead atoms. The van der Waals surface area contributed by atoms with Crippen molar-refractivity contribution < 1.29 is 14.9 Å². The Morgan fingerprint density at radius 2 is 2.24 bits per heavy atom. The lowest BCUT2D eigenvalue weighted by molar-refractivity contribution is 0.159. The summed E-state index contributed by atoms with van der Waals surface area (Å²) in [4.78, 5) is 0. The van der Waals surface area contributed by atoms with Crippen LogP contribution in [0.1, 0.15) is 12.0 Å². The van der Waals surface area contributed by atoms with E-state index in [1.54, 1.807) is 19.2 Å². The van der Waals surface area contributed by atoms with E-state index in [1.165, 1.54) is 0 Å². The highest BCUT2D eigenvalue weighted by molar-refractivity contribution is 9.10. The second-order valence-electron chi connectivity index (χ2n) is 3.81. The van der Waals surface area contributed by atoms with Crippen LogP contribution in [-0.4, -0.2) is 36.6 Å². The summed E-state index contributed by atoms with van der Waals surface area (Å²) in [7, 11) is 1.63. The number of phenols is 1. The SMILES string of the molecule is COCCC(CO)NCc1cc(Br)ccc1O. The molecule has 1 rings (SSSR count). The topological polar surface area (TPSA) is 61.7 Å². The van der Waals surface area contributed by atoms with Crippen molar-refractivity contribution in [1.82, 2.24) is 5.32 Å². The molecule has 0 heterocycles. The van der Waals surface area contributed by atoms with Gasteiger partial charge in [-0.3, -0.25) is 0 Å². The van der Waals surface area contributed by atoms with Crippen LogP contribution in [0.4, 0.5) is 0 Å². The first-order valence-corrected chi connectivity index (χ1v) is 6.27. The molecule has 96 valence electrons. The Labute approximate surface area is 110 Å². The summed E-state index contributed by atoms with van der Waals surface area (Å²) < 4.78 is 5.88. The molecule has 17 heavy (non-hydrogen) atoms. The van der Waals surface area contributed by atoms with Crippen LogP contribution in [0.3, 0.4) is 0 Å². The van der Waals surface area contributed by atoms with Crippen molar-refractivity contribution in [3.63, 3.8) is 0 Å². The third-order valence-electron chi connectivity index (χ3n) is 2.51. The number of hydrogen-bond donors (Lipinski definition) is 3. The molecule has 0 aliphatic heterocycles. The molecule has 0 amide bonds. The summed E-state index contributed by atoms with van der Waals surface area (Å²) in [6, 6.07) is 5.26. The first-order chi connectivity index (χ1) is 8.17. The number of nitrogens with one attached hydrogen (secondary N) is 1. The van der Waals surface area contributed by atoms with Crippen molar-refractivity contribution in [2.45, 2.75) is 19.0 Å². The van der Waals surface area contributed by atoms with Crippen LogP contribution in [0.25, 0.3) is 0 Å². The largest absolute Gasteiger partial charge is 0.508 e. The van der Waals surface area contributed by atoms with Gasteiger partial charge in [0.25, 0.3) is 0 Å². The summed E-state index contributed by atoms with van der Waals surface area (Å²) in [5.41, 5.74) is 0.801. The molecular weight excluding hydrogens is 286 g/mol. The molecule has 4 nitrogen and oxygen atoms in total. The fourth-order valence-electron chi connectivity index (χ4n) is 1.47. The Kier molecular flexibility index (Phi) is 6.50. The standard InChI is InChI=1S/C12H18BrNO3/c1-17-5-4-11(8-15)14-7-9-6-10(13)2-3-12(9)16/h2-3,6,11,14-16H,4-5,7-8H2,1H3. The minimum atomic E-state index is -0.0201. The zero-order valence-electron chi connectivity index (χ0n) is 9.82. The van der Waals surface area contributed by atoms with Gasteiger partial charge in [-0.2, -0.15) is 0 Å².